The monoisotopic (exact) mass is 198 g/mol. The van der Waals surface area contributed by atoms with E-state index in [2.05, 4.69) is 18.7 Å². The quantitative estimate of drug-likeness (QED) is 0.750. The topological polar surface area (TPSA) is 29.3 Å². The van der Waals surface area contributed by atoms with Crippen molar-refractivity contribution >= 4 is 0 Å². The number of nitrogens with zero attached hydrogens (tertiary/aromatic N) is 1. The largest absolute Gasteiger partial charge is 0.330 e. The van der Waals surface area contributed by atoms with Gasteiger partial charge in [0.25, 0.3) is 0 Å². The molecule has 1 aliphatic rings. The van der Waals surface area contributed by atoms with Gasteiger partial charge in [-0.3, -0.25) is 0 Å². The molecule has 2 nitrogen and oxygen atoms in total. The van der Waals surface area contributed by atoms with Crippen molar-refractivity contribution in [2.75, 3.05) is 19.6 Å². The second kappa shape index (κ2) is 6.41. The van der Waals surface area contributed by atoms with Gasteiger partial charge in [-0.2, -0.15) is 0 Å². The molecule has 1 atom stereocenters. The summed E-state index contributed by atoms with van der Waals surface area (Å²) < 4.78 is 0. The van der Waals surface area contributed by atoms with E-state index >= 15 is 0 Å². The van der Waals surface area contributed by atoms with Crippen LogP contribution in [0.15, 0.2) is 0 Å². The molecule has 1 aliphatic heterocycles. The van der Waals surface area contributed by atoms with E-state index in [0.29, 0.717) is 0 Å². The molecule has 0 spiro atoms. The summed E-state index contributed by atoms with van der Waals surface area (Å²) in [6.45, 7) is 8.04. The Hall–Kier alpha value is -0.0800. The van der Waals surface area contributed by atoms with E-state index in [1.54, 1.807) is 0 Å². The highest BCUT2D eigenvalue weighted by Gasteiger charge is 2.22. The Morgan fingerprint density at radius 2 is 2.07 bits per heavy atom. The fourth-order valence-corrected chi connectivity index (χ4v) is 2.52. The maximum atomic E-state index is 5.58. The summed E-state index contributed by atoms with van der Waals surface area (Å²) in [7, 11) is 0. The normalized spacial score (nSPS) is 25.3. The molecule has 1 rings (SSSR count). The lowest BCUT2D eigenvalue weighted by molar-refractivity contribution is 0.156. The van der Waals surface area contributed by atoms with Gasteiger partial charge in [-0.15, -0.1) is 0 Å². The average Bonchev–Trinajstić information content (AvgIpc) is 2.39. The van der Waals surface area contributed by atoms with Crippen molar-refractivity contribution in [2.45, 2.75) is 52.0 Å². The Morgan fingerprint density at radius 1 is 1.29 bits per heavy atom. The number of hydrogen-bond acceptors (Lipinski definition) is 2. The summed E-state index contributed by atoms with van der Waals surface area (Å²) in [5, 5.41) is 0. The van der Waals surface area contributed by atoms with Crippen LogP contribution in [-0.2, 0) is 0 Å². The van der Waals surface area contributed by atoms with Crippen LogP contribution < -0.4 is 5.73 Å². The third-order valence-corrected chi connectivity index (χ3v) is 3.33. The molecule has 14 heavy (non-hydrogen) atoms. The van der Waals surface area contributed by atoms with Gasteiger partial charge >= 0.3 is 0 Å². The summed E-state index contributed by atoms with van der Waals surface area (Å²) >= 11 is 0. The van der Waals surface area contributed by atoms with Crippen LogP contribution in [0.3, 0.4) is 0 Å². The second-order valence-electron chi connectivity index (χ2n) is 4.84. The third kappa shape index (κ3) is 3.58. The minimum atomic E-state index is 0.797. The molecule has 0 aliphatic carbocycles. The average molecular weight is 198 g/mol. The van der Waals surface area contributed by atoms with Gasteiger partial charge in [0.05, 0.1) is 0 Å². The van der Waals surface area contributed by atoms with Crippen LogP contribution in [0.25, 0.3) is 0 Å². The Kier molecular flexibility index (Phi) is 5.49. The van der Waals surface area contributed by atoms with Crippen LogP contribution in [-0.4, -0.2) is 30.6 Å². The molecule has 2 heteroatoms. The number of nitrogens with two attached hydrogens (primary N) is 1. The molecule has 0 aromatic rings. The van der Waals surface area contributed by atoms with Gasteiger partial charge in [-0.25, -0.2) is 0 Å². The van der Waals surface area contributed by atoms with Crippen molar-refractivity contribution < 1.29 is 0 Å². The van der Waals surface area contributed by atoms with Crippen LogP contribution >= 0.6 is 0 Å². The van der Waals surface area contributed by atoms with Crippen molar-refractivity contribution in [3.05, 3.63) is 0 Å². The van der Waals surface area contributed by atoms with E-state index in [0.717, 1.165) is 24.9 Å². The van der Waals surface area contributed by atoms with Crippen LogP contribution in [0, 0.1) is 5.92 Å². The van der Waals surface area contributed by atoms with Gasteiger partial charge in [0, 0.05) is 6.04 Å². The smallest absolute Gasteiger partial charge is 0.0118 e. The standard InChI is InChI=1S/C12H26N2/c1-11(2)12-7-4-3-5-9-14(12)10-6-8-13/h11-12H,3-10,13H2,1-2H3. The second-order valence-corrected chi connectivity index (χ2v) is 4.84. The SMILES string of the molecule is CC(C)C1CCCCCN1CCCN. The van der Waals surface area contributed by atoms with E-state index in [9.17, 15) is 0 Å². The lowest BCUT2D eigenvalue weighted by Gasteiger charge is -2.32. The van der Waals surface area contributed by atoms with Crippen molar-refractivity contribution in [3.8, 4) is 0 Å². The first kappa shape index (κ1) is 12.0. The molecule has 0 saturated carbocycles. The van der Waals surface area contributed by atoms with Crippen LogP contribution in [0.2, 0.25) is 0 Å². The Balaban J connectivity index is 2.45. The summed E-state index contributed by atoms with van der Waals surface area (Å²) in [4.78, 5) is 2.67. The zero-order chi connectivity index (χ0) is 10.4. The molecular weight excluding hydrogens is 172 g/mol. The summed E-state index contributed by atoms with van der Waals surface area (Å²) in [5.41, 5.74) is 5.58. The van der Waals surface area contributed by atoms with E-state index in [1.807, 2.05) is 0 Å². The molecule has 2 N–H and O–H groups in total. The van der Waals surface area contributed by atoms with Crippen molar-refractivity contribution in [1.82, 2.24) is 4.90 Å². The minimum absolute atomic E-state index is 0.797. The number of likely N-dealkylation sites (tertiary alicyclic amines) is 1. The first-order chi connectivity index (χ1) is 6.75. The summed E-state index contributed by atoms with van der Waals surface area (Å²) in [5.74, 6) is 0.797. The first-order valence-corrected chi connectivity index (χ1v) is 6.20. The molecular formula is C12H26N2. The predicted molar refractivity (Wildman–Crippen MR) is 62.3 cm³/mol. The molecule has 1 unspecified atom stereocenters. The molecule has 0 radical (unpaired) electrons. The molecule has 0 bridgehead atoms. The van der Waals surface area contributed by atoms with E-state index < -0.39 is 0 Å². The van der Waals surface area contributed by atoms with E-state index in [1.165, 1.54) is 38.8 Å². The van der Waals surface area contributed by atoms with Crippen LogP contribution in [0.4, 0.5) is 0 Å². The molecule has 1 heterocycles. The Bertz CT molecular complexity index is 145. The van der Waals surface area contributed by atoms with E-state index in [-0.39, 0.29) is 0 Å². The highest BCUT2D eigenvalue weighted by Crippen LogP contribution is 2.22. The lowest BCUT2D eigenvalue weighted by atomic mass is 9.98. The molecule has 84 valence electrons. The number of rotatable bonds is 4. The maximum absolute atomic E-state index is 5.58. The first-order valence-electron chi connectivity index (χ1n) is 6.20. The van der Waals surface area contributed by atoms with Crippen LogP contribution in [0.5, 0.6) is 0 Å². The highest BCUT2D eigenvalue weighted by molar-refractivity contribution is 4.77. The maximum Gasteiger partial charge on any atom is 0.0118 e. The van der Waals surface area contributed by atoms with Crippen molar-refractivity contribution in [1.29, 1.82) is 0 Å². The van der Waals surface area contributed by atoms with Crippen molar-refractivity contribution in [2.24, 2.45) is 11.7 Å². The zero-order valence-corrected chi connectivity index (χ0v) is 9.84. The molecule has 0 amide bonds. The molecule has 1 saturated heterocycles. The van der Waals surface area contributed by atoms with Gasteiger partial charge < -0.3 is 10.6 Å². The van der Waals surface area contributed by atoms with Gasteiger partial charge in [0.1, 0.15) is 0 Å². The highest BCUT2D eigenvalue weighted by atomic mass is 15.2. The third-order valence-electron chi connectivity index (χ3n) is 3.33. The molecule has 0 aromatic carbocycles. The summed E-state index contributed by atoms with van der Waals surface area (Å²) in [6.07, 6.45) is 6.77. The predicted octanol–water partition coefficient (Wildman–Crippen LogP) is 2.24. The Morgan fingerprint density at radius 3 is 2.71 bits per heavy atom. The van der Waals surface area contributed by atoms with E-state index in [4.69, 9.17) is 5.73 Å². The molecule has 0 aromatic heterocycles. The minimum Gasteiger partial charge on any atom is -0.330 e. The van der Waals surface area contributed by atoms with Crippen molar-refractivity contribution in [3.63, 3.8) is 0 Å². The fraction of sp³-hybridized carbons (Fsp3) is 1.00. The molecule has 1 fully saturated rings. The Labute approximate surface area is 88.8 Å². The van der Waals surface area contributed by atoms with Gasteiger partial charge in [-0.05, 0) is 44.8 Å². The lowest BCUT2D eigenvalue weighted by Crippen LogP contribution is -2.39. The van der Waals surface area contributed by atoms with Gasteiger partial charge in [-0.1, -0.05) is 26.7 Å². The zero-order valence-electron chi connectivity index (χ0n) is 9.84. The fourth-order valence-electron chi connectivity index (χ4n) is 2.52. The number of hydrogen-bond donors (Lipinski definition) is 1. The van der Waals surface area contributed by atoms with Crippen LogP contribution in [0.1, 0.15) is 46.0 Å². The summed E-state index contributed by atoms with van der Waals surface area (Å²) in [6, 6.07) is 0.809. The van der Waals surface area contributed by atoms with Gasteiger partial charge in [0.2, 0.25) is 0 Å². The van der Waals surface area contributed by atoms with Gasteiger partial charge in [0.15, 0.2) is 0 Å².